The molecule has 126 valence electrons. The number of aromatic nitrogens is 2. The fourth-order valence-electron chi connectivity index (χ4n) is 1.97. The molecular weight excluding hydrogens is 331 g/mol. The molecule has 24 heavy (non-hydrogen) atoms. The number of carbonyl (C=O) groups is 1. The van der Waals surface area contributed by atoms with E-state index in [2.05, 4.69) is 19.9 Å². The molecule has 0 radical (unpaired) electrons. The second-order valence-corrected chi connectivity index (χ2v) is 4.81. The minimum atomic E-state index is -4.69. The number of hydrogen-bond acceptors (Lipinski definition) is 6. The van der Waals surface area contributed by atoms with Gasteiger partial charge in [-0.2, -0.15) is 13.2 Å². The Morgan fingerprint density at radius 3 is 2.79 bits per heavy atom. The minimum absolute atomic E-state index is 0.0204. The number of oxazole rings is 1. The molecule has 2 aromatic heterocycles. The van der Waals surface area contributed by atoms with Crippen LogP contribution in [0.15, 0.2) is 33.2 Å². The van der Waals surface area contributed by atoms with Crippen molar-refractivity contribution >= 4 is 22.7 Å². The molecule has 10 heteroatoms. The monoisotopic (exact) mass is 341 g/mol. The zero-order valence-corrected chi connectivity index (χ0v) is 11.9. The maximum absolute atomic E-state index is 12.6. The van der Waals surface area contributed by atoms with Gasteiger partial charge in [0.2, 0.25) is 0 Å². The molecule has 1 aromatic carbocycles. The highest BCUT2D eigenvalue weighted by atomic mass is 19.4. The van der Waals surface area contributed by atoms with Crippen LogP contribution in [0.2, 0.25) is 0 Å². The fraction of sp³-hybridized carbons (Fsp3) is 0.214. The van der Waals surface area contributed by atoms with Gasteiger partial charge in [-0.15, -0.1) is 0 Å². The minimum Gasteiger partial charge on any atom is -0.433 e. The van der Waals surface area contributed by atoms with Crippen molar-refractivity contribution in [2.24, 2.45) is 0 Å². The Balaban J connectivity index is 1.80. The summed E-state index contributed by atoms with van der Waals surface area (Å²) in [4.78, 5) is 15.3. The number of aliphatic hydroxyl groups excluding tert-OH is 1. The third kappa shape index (κ3) is 3.23. The first-order valence-electron chi connectivity index (χ1n) is 6.72. The predicted octanol–water partition coefficient (Wildman–Crippen LogP) is 2.62. The molecule has 0 saturated carbocycles. The largest absolute Gasteiger partial charge is 0.468 e. The number of rotatable bonds is 4. The van der Waals surface area contributed by atoms with Gasteiger partial charge in [0.15, 0.2) is 11.3 Å². The van der Waals surface area contributed by atoms with Gasteiger partial charge in [0.25, 0.3) is 5.91 Å². The van der Waals surface area contributed by atoms with Gasteiger partial charge in [0.1, 0.15) is 11.3 Å². The van der Waals surface area contributed by atoms with E-state index in [0.29, 0.717) is 5.76 Å². The molecule has 2 N–H and O–H groups in total. The van der Waals surface area contributed by atoms with Crippen molar-refractivity contribution in [1.82, 2.24) is 10.1 Å². The highest BCUT2D eigenvalue weighted by Crippen LogP contribution is 2.31. The van der Waals surface area contributed by atoms with Crippen LogP contribution < -0.4 is 5.32 Å². The molecule has 0 aliphatic rings. The van der Waals surface area contributed by atoms with Crippen LogP contribution >= 0.6 is 0 Å². The van der Waals surface area contributed by atoms with Crippen LogP contribution in [-0.2, 0) is 12.6 Å². The lowest BCUT2D eigenvalue weighted by molar-refractivity contribution is -0.156. The fourth-order valence-corrected chi connectivity index (χ4v) is 1.97. The van der Waals surface area contributed by atoms with E-state index in [4.69, 9.17) is 9.63 Å². The molecule has 0 aliphatic carbocycles. The summed E-state index contributed by atoms with van der Waals surface area (Å²) in [6.07, 6.45) is -4.48. The Kier molecular flexibility index (Phi) is 3.97. The Hall–Kier alpha value is -2.88. The standard InChI is InChI=1S/C14H10F3N3O4/c15-14(16,17)13-19-9-2-1-7(5-11(9)23-13)18-12(22)10-6-8(3-4-21)24-20-10/h1-2,5-6,21H,3-4H2,(H,18,22). The number of anilines is 1. The molecule has 3 rings (SSSR count). The summed E-state index contributed by atoms with van der Waals surface area (Å²) in [5.41, 5.74) is 0.101. The summed E-state index contributed by atoms with van der Waals surface area (Å²) < 4.78 is 47.2. The van der Waals surface area contributed by atoms with Gasteiger partial charge in [-0.3, -0.25) is 4.79 Å². The Bertz CT molecular complexity index is 885. The van der Waals surface area contributed by atoms with Gasteiger partial charge in [0, 0.05) is 24.2 Å². The van der Waals surface area contributed by atoms with Crippen LogP contribution in [0.25, 0.3) is 11.1 Å². The molecule has 0 aliphatic heterocycles. The van der Waals surface area contributed by atoms with Crippen molar-refractivity contribution in [2.45, 2.75) is 12.6 Å². The quantitative estimate of drug-likeness (QED) is 0.756. The van der Waals surface area contributed by atoms with Crippen molar-refractivity contribution < 1.29 is 32.0 Å². The summed E-state index contributed by atoms with van der Waals surface area (Å²) in [6, 6.07) is 5.27. The maximum atomic E-state index is 12.6. The zero-order chi connectivity index (χ0) is 17.3. The van der Waals surface area contributed by atoms with E-state index in [1.165, 1.54) is 24.3 Å². The molecule has 0 spiro atoms. The normalized spacial score (nSPS) is 11.8. The van der Waals surface area contributed by atoms with Crippen molar-refractivity contribution in [3.05, 3.63) is 41.6 Å². The summed E-state index contributed by atoms with van der Waals surface area (Å²) in [5, 5.41) is 14.8. The van der Waals surface area contributed by atoms with Crippen LogP contribution in [0.1, 0.15) is 22.1 Å². The number of alkyl halides is 3. The number of fused-ring (bicyclic) bond motifs is 1. The average Bonchev–Trinajstić information content (AvgIpc) is 3.13. The maximum Gasteiger partial charge on any atom is 0.468 e. The molecule has 0 saturated heterocycles. The lowest BCUT2D eigenvalue weighted by atomic mass is 10.2. The summed E-state index contributed by atoms with van der Waals surface area (Å²) in [6.45, 7) is -0.153. The van der Waals surface area contributed by atoms with Crippen molar-refractivity contribution in [3.63, 3.8) is 0 Å². The predicted molar refractivity (Wildman–Crippen MR) is 74.3 cm³/mol. The van der Waals surface area contributed by atoms with Crippen LogP contribution in [0, 0.1) is 0 Å². The SMILES string of the molecule is O=C(Nc1ccc2nc(C(F)(F)F)oc2c1)c1cc(CCO)on1. The third-order valence-electron chi connectivity index (χ3n) is 3.04. The van der Waals surface area contributed by atoms with E-state index < -0.39 is 18.0 Å². The second-order valence-electron chi connectivity index (χ2n) is 4.81. The first-order chi connectivity index (χ1) is 11.4. The van der Waals surface area contributed by atoms with Crippen LogP contribution in [0.4, 0.5) is 18.9 Å². The smallest absolute Gasteiger partial charge is 0.433 e. The van der Waals surface area contributed by atoms with E-state index in [1.807, 2.05) is 0 Å². The third-order valence-corrected chi connectivity index (χ3v) is 3.04. The Morgan fingerprint density at radius 2 is 2.08 bits per heavy atom. The Labute approximate surface area is 132 Å². The molecule has 7 nitrogen and oxygen atoms in total. The zero-order valence-electron chi connectivity index (χ0n) is 11.9. The van der Waals surface area contributed by atoms with E-state index in [-0.39, 0.29) is 35.5 Å². The van der Waals surface area contributed by atoms with Gasteiger partial charge in [0.05, 0.1) is 6.61 Å². The molecule has 1 amide bonds. The molecule has 0 atom stereocenters. The lowest BCUT2D eigenvalue weighted by Gasteiger charge is -2.01. The number of amides is 1. The van der Waals surface area contributed by atoms with Gasteiger partial charge >= 0.3 is 12.1 Å². The lowest BCUT2D eigenvalue weighted by Crippen LogP contribution is -2.12. The number of carbonyl (C=O) groups excluding carboxylic acids is 1. The summed E-state index contributed by atoms with van der Waals surface area (Å²) >= 11 is 0. The van der Waals surface area contributed by atoms with E-state index >= 15 is 0 Å². The van der Waals surface area contributed by atoms with Gasteiger partial charge in [-0.05, 0) is 12.1 Å². The Morgan fingerprint density at radius 1 is 1.29 bits per heavy atom. The number of nitrogens with one attached hydrogen (secondary N) is 1. The van der Waals surface area contributed by atoms with Crippen LogP contribution in [0.5, 0.6) is 0 Å². The molecule has 0 unspecified atom stereocenters. The van der Waals surface area contributed by atoms with Gasteiger partial charge in [-0.1, -0.05) is 5.16 Å². The number of aliphatic hydroxyl groups is 1. The highest BCUT2D eigenvalue weighted by Gasteiger charge is 2.37. The summed E-state index contributed by atoms with van der Waals surface area (Å²) in [5.74, 6) is -1.63. The summed E-state index contributed by atoms with van der Waals surface area (Å²) in [7, 11) is 0. The molecule has 0 bridgehead atoms. The van der Waals surface area contributed by atoms with Crippen molar-refractivity contribution in [1.29, 1.82) is 0 Å². The van der Waals surface area contributed by atoms with Crippen molar-refractivity contribution in [2.75, 3.05) is 11.9 Å². The molecule has 2 heterocycles. The number of hydrogen-bond donors (Lipinski definition) is 2. The number of benzene rings is 1. The van der Waals surface area contributed by atoms with Gasteiger partial charge < -0.3 is 19.4 Å². The second kappa shape index (κ2) is 5.96. The first kappa shape index (κ1) is 16.0. The number of nitrogens with zero attached hydrogens (tertiary/aromatic N) is 2. The molecule has 3 aromatic rings. The average molecular weight is 341 g/mol. The van der Waals surface area contributed by atoms with Crippen LogP contribution in [-0.4, -0.2) is 27.8 Å². The van der Waals surface area contributed by atoms with Crippen LogP contribution in [0.3, 0.4) is 0 Å². The van der Waals surface area contributed by atoms with E-state index in [0.717, 1.165) is 0 Å². The highest BCUT2D eigenvalue weighted by molar-refractivity contribution is 6.03. The van der Waals surface area contributed by atoms with Crippen molar-refractivity contribution in [3.8, 4) is 0 Å². The first-order valence-corrected chi connectivity index (χ1v) is 6.72. The topological polar surface area (TPSA) is 101 Å². The van der Waals surface area contributed by atoms with E-state index in [9.17, 15) is 18.0 Å². The number of halogens is 3. The molecular formula is C14H10F3N3O4. The van der Waals surface area contributed by atoms with Gasteiger partial charge in [-0.25, -0.2) is 4.98 Å². The van der Waals surface area contributed by atoms with E-state index in [1.54, 1.807) is 0 Å². The molecule has 0 fully saturated rings.